The molecule has 3 rings (SSSR count). The second-order valence-electron chi connectivity index (χ2n) is 5.13. The van der Waals surface area contributed by atoms with E-state index < -0.39 is 0 Å². The van der Waals surface area contributed by atoms with Crippen molar-refractivity contribution >= 4 is 69.2 Å². The van der Waals surface area contributed by atoms with Crippen LogP contribution in [0, 0.1) is 11.3 Å². The number of rotatable bonds is 4. The van der Waals surface area contributed by atoms with Gasteiger partial charge in [-0.05, 0) is 42.0 Å². The third-order valence-electron chi connectivity index (χ3n) is 3.43. The van der Waals surface area contributed by atoms with Gasteiger partial charge in [-0.3, -0.25) is 9.69 Å². The molecule has 1 amide bonds. The van der Waals surface area contributed by atoms with Crippen molar-refractivity contribution in [3.63, 3.8) is 0 Å². The molecule has 0 saturated carbocycles. The van der Waals surface area contributed by atoms with Crippen LogP contribution in [0.3, 0.4) is 0 Å². The number of amides is 1. The number of thiocarbonyl (C=S) groups is 1. The zero-order chi connectivity index (χ0) is 18.7. The molecule has 1 saturated heterocycles. The van der Waals surface area contributed by atoms with Gasteiger partial charge in [0, 0.05) is 5.02 Å². The molecule has 1 fully saturated rings. The van der Waals surface area contributed by atoms with E-state index in [1.807, 2.05) is 6.07 Å². The summed E-state index contributed by atoms with van der Waals surface area (Å²) in [6.45, 7) is -0.0140. The van der Waals surface area contributed by atoms with Gasteiger partial charge in [0.1, 0.15) is 11.8 Å². The van der Waals surface area contributed by atoms with Gasteiger partial charge in [-0.2, -0.15) is 5.26 Å². The lowest BCUT2D eigenvalue weighted by Crippen LogP contribution is -2.27. The molecule has 0 aliphatic carbocycles. The number of carbonyl (C=O) groups excluding carboxylic acids is 1. The highest BCUT2D eigenvalue weighted by Gasteiger charge is 2.34. The molecule has 1 aliphatic heterocycles. The Morgan fingerprint density at radius 2 is 1.96 bits per heavy atom. The highest BCUT2D eigenvalue weighted by molar-refractivity contribution is 8.27. The van der Waals surface area contributed by atoms with Crippen molar-refractivity contribution in [1.82, 2.24) is 0 Å². The minimum absolute atomic E-state index is 0.0140. The fourth-order valence-electron chi connectivity index (χ4n) is 2.27. The summed E-state index contributed by atoms with van der Waals surface area (Å²) in [7, 11) is 0. The Hall–Kier alpha value is -2.04. The van der Waals surface area contributed by atoms with Crippen molar-refractivity contribution in [3.05, 3.63) is 63.0 Å². The molecule has 2 aromatic rings. The molecule has 0 radical (unpaired) electrons. The molecule has 0 spiro atoms. The second kappa shape index (κ2) is 8.11. The first-order chi connectivity index (χ1) is 12.5. The third kappa shape index (κ3) is 4.02. The van der Waals surface area contributed by atoms with Crippen molar-refractivity contribution in [2.24, 2.45) is 0 Å². The maximum Gasteiger partial charge on any atom is 0.270 e. The first-order valence-corrected chi connectivity index (χ1v) is 9.30. The van der Waals surface area contributed by atoms with Crippen LogP contribution in [-0.2, 0) is 4.79 Å². The SMILES string of the molecule is N#CCOc1ccc(/C=C2/SC(=S)N(c3ccc(Cl)cc3Cl)C2=O)cc1. The van der Waals surface area contributed by atoms with Gasteiger partial charge in [0.05, 0.1) is 15.6 Å². The summed E-state index contributed by atoms with van der Waals surface area (Å²) in [5.74, 6) is 0.346. The molecular weight excluding hydrogens is 411 g/mol. The van der Waals surface area contributed by atoms with Crippen LogP contribution < -0.4 is 9.64 Å². The first-order valence-electron chi connectivity index (χ1n) is 7.32. The van der Waals surface area contributed by atoms with Crippen LogP contribution >= 0.6 is 47.2 Å². The van der Waals surface area contributed by atoms with E-state index in [2.05, 4.69) is 0 Å². The molecular formula is C18H10Cl2N2O2S2. The summed E-state index contributed by atoms with van der Waals surface area (Å²) in [4.78, 5) is 14.7. The molecule has 130 valence electrons. The number of carbonyl (C=O) groups is 1. The van der Waals surface area contributed by atoms with Gasteiger partial charge in [-0.25, -0.2) is 0 Å². The summed E-state index contributed by atoms with van der Waals surface area (Å²) in [6, 6.07) is 13.9. The molecule has 0 atom stereocenters. The Labute approximate surface area is 169 Å². The highest BCUT2D eigenvalue weighted by Crippen LogP contribution is 2.39. The Morgan fingerprint density at radius 1 is 1.23 bits per heavy atom. The normalized spacial score (nSPS) is 15.4. The quantitative estimate of drug-likeness (QED) is 0.495. The lowest BCUT2D eigenvalue weighted by molar-refractivity contribution is -0.113. The maximum atomic E-state index is 12.8. The molecule has 0 N–H and O–H groups in total. The standard InChI is InChI=1S/C18H10Cl2N2O2S2/c19-12-3-6-15(14(20)10-12)22-17(23)16(26-18(22)25)9-11-1-4-13(5-2-11)24-8-7-21/h1-6,9-10H,8H2/b16-9+. The average Bonchev–Trinajstić information content (AvgIpc) is 2.88. The largest absolute Gasteiger partial charge is 0.479 e. The first kappa shape index (κ1) is 18.7. The molecule has 0 aromatic heterocycles. The Morgan fingerprint density at radius 3 is 2.62 bits per heavy atom. The van der Waals surface area contributed by atoms with Gasteiger partial charge in [0.25, 0.3) is 5.91 Å². The topological polar surface area (TPSA) is 53.3 Å². The van der Waals surface area contributed by atoms with E-state index >= 15 is 0 Å². The van der Waals surface area contributed by atoms with Crippen LogP contribution in [0.15, 0.2) is 47.4 Å². The zero-order valence-electron chi connectivity index (χ0n) is 13.1. The van der Waals surface area contributed by atoms with E-state index in [-0.39, 0.29) is 12.5 Å². The second-order valence-corrected chi connectivity index (χ2v) is 7.65. The molecule has 1 heterocycles. The summed E-state index contributed by atoms with van der Waals surface area (Å²) >= 11 is 18.7. The van der Waals surface area contributed by atoms with E-state index in [0.29, 0.717) is 30.7 Å². The summed E-state index contributed by atoms with van der Waals surface area (Å²) < 4.78 is 5.61. The van der Waals surface area contributed by atoms with E-state index in [4.69, 9.17) is 45.4 Å². The van der Waals surface area contributed by atoms with Crippen molar-refractivity contribution in [1.29, 1.82) is 5.26 Å². The van der Waals surface area contributed by atoms with E-state index in [1.165, 1.54) is 16.7 Å². The van der Waals surface area contributed by atoms with Crippen LogP contribution in [0.2, 0.25) is 10.0 Å². The predicted molar refractivity (Wildman–Crippen MR) is 110 cm³/mol. The van der Waals surface area contributed by atoms with Crippen LogP contribution in [-0.4, -0.2) is 16.8 Å². The minimum Gasteiger partial charge on any atom is -0.479 e. The van der Waals surface area contributed by atoms with Crippen LogP contribution in [0.4, 0.5) is 5.69 Å². The van der Waals surface area contributed by atoms with Gasteiger partial charge >= 0.3 is 0 Å². The van der Waals surface area contributed by atoms with Crippen LogP contribution in [0.25, 0.3) is 6.08 Å². The number of hydrogen-bond acceptors (Lipinski definition) is 5. The van der Waals surface area contributed by atoms with Crippen molar-refractivity contribution in [2.45, 2.75) is 0 Å². The minimum atomic E-state index is -0.242. The Balaban J connectivity index is 1.84. The summed E-state index contributed by atoms with van der Waals surface area (Å²) in [5.41, 5.74) is 1.32. The monoisotopic (exact) mass is 420 g/mol. The zero-order valence-corrected chi connectivity index (χ0v) is 16.3. The number of nitrogens with zero attached hydrogens (tertiary/aromatic N) is 2. The lowest BCUT2D eigenvalue weighted by Gasteiger charge is -2.16. The highest BCUT2D eigenvalue weighted by atomic mass is 35.5. The third-order valence-corrected chi connectivity index (χ3v) is 5.27. The van der Waals surface area contributed by atoms with Crippen LogP contribution in [0.5, 0.6) is 5.75 Å². The molecule has 0 unspecified atom stereocenters. The number of anilines is 1. The summed E-state index contributed by atoms with van der Waals surface area (Å²) in [5, 5.41) is 9.36. The number of ether oxygens (including phenoxy) is 1. The number of halogens is 2. The Bertz CT molecular complexity index is 953. The van der Waals surface area contributed by atoms with E-state index in [1.54, 1.807) is 48.5 Å². The van der Waals surface area contributed by atoms with Crippen molar-refractivity contribution in [3.8, 4) is 11.8 Å². The Kier molecular flexibility index (Phi) is 5.84. The average molecular weight is 421 g/mol. The van der Waals surface area contributed by atoms with Gasteiger partial charge in [-0.1, -0.05) is 59.3 Å². The van der Waals surface area contributed by atoms with Gasteiger partial charge < -0.3 is 4.74 Å². The molecule has 2 aromatic carbocycles. The molecule has 4 nitrogen and oxygen atoms in total. The lowest BCUT2D eigenvalue weighted by atomic mass is 10.2. The number of nitriles is 1. The fourth-order valence-corrected chi connectivity index (χ4v) is 4.04. The van der Waals surface area contributed by atoms with E-state index in [9.17, 15) is 4.79 Å². The molecule has 8 heteroatoms. The maximum absolute atomic E-state index is 12.8. The fraction of sp³-hybridized carbons (Fsp3) is 0.0556. The molecule has 1 aliphatic rings. The van der Waals surface area contributed by atoms with Crippen LogP contribution in [0.1, 0.15) is 5.56 Å². The predicted octanol–water partition coefficient (Wildman–Crippen LogP) is 5.30. The molecule has 0 bridgehead atoms. The van der Waals surface area contributed by atoms with E-state index in [0.717, 1.165) is 5.56 Å². The van der Waals surface area contributed by atoms with Crippen molar-refractivity contribution in [2.75, 3.05) is 11.5 Å². The molecule has 26 heavy (non-hydrogen) atoms. The number of benzene rings is 2. The number of hydrogen-bond donors (Lipinski definition) is 0. The number of thioether (sulfide) groups is 1. The smallest absolute Gasteiger partial charge is 0.270 e. The van der Waals surface area contributed by atoms with Crippen molar-refractivity contribution < 1.29 is 9.53 Å². The van der Waals surface area contributed by atoms with Gasteiger partial charge in [0.15, 0.2) is 10.9 Å². The summed E-state index contributed by atoms with van der Waals surface area (Å²) in [6.07, 6.45) is 1.75. The van der Waals surface area contributed by atoms with Gasteiger partial charge in [0.2, 0.25) is 0 Å². The van der Waals surface area contributed by atoms with Gasteiger partial charge in [-0.15, -0.1) is 0 Å².